The summed E-state index contributed by atoms with van der Waals surface area (Å²) in [5, 5.41) is 2.57. The zero-order chi connectivity index (χ0) is 16.7. The number of rotatable bonds is 7. The fourth-order valence-electron chi connectivity index (χ4n) is 1.32. The van der Waals surface area contributed by atoms with Crippen molar-refractivity contribution in [2.45, 2.75) is 51.7 Å². The number of ether oxygens (including phenoxy) is 1. The lowest BCUT2D eigenvalue weighted by molar-refractivity contribution is -0.135. The van der Waals surface area contributed by atoms with Crippen LogP contribution in [0.4, 0.5) is 4.79 Å². The topological polar surface area (TPSA) is 125 Å². The zero-order valence-corrected chi connectivity index (χ0v) is 13.7. The molecule has 8 nitrogen and oxygen atoms in total. The highest BCUT2D eigenvalue weighted by Crippen LogP contribution is 2.06. The number of nitrogens with two attached hydrogens (primary N) is 1. The van der Waals surface area contributed by atoms with E-state index in [9.17, 15) is 18.0 Å². The van der Waals surface area contributed by atoms with Crippen LogP contribution in [-0.4, -0.2) is 44.9 Å². The van der Waals surface area contributed by atoms with Gasteiger partial charge in [0.15, 0.2) is 0 Å². The highest BCUT2D eigenvalue weighted by Gasteiger charge is 2.19. The minimum Gasteiger partial charge on any atom is -0.444 e. The maximum atomic E-state index is 11.3. The van der Waals surface area contributed by atoms with E-state index in [0.29, 0.717) is 19.4 Å². The first kappa shape index (κ1) is 19.7. The van der Waals surface area contributed by atoms with E-state index in [1.54, 1.807) is 20.8 Å². The summed E-state index contributed by atoms with van der Waals surface area (Å²) in [6.07, 6.45) is 1.66. The summed E-state index contributed by atoms with van der Waals surface area (Å²) < 4.78 is 30.7. The SMILES string of the molecule is CC(C)(C)OC(=O)NCCCCC(N)C(=O)OS(C)(=O)=O. The van der Waals surface area contributed by atoms with E-state index in [4.69, 9.17) is 10.5 Å². The quantitative estimate of drug-likeness (QED) is 0.516. The Balaban J connectivity index is 3.81. The molecule has 1 atom stereocenters. The Morgan fingerprint density at radius 2 is 1.81 bits per heavy atom. The van der Waals surface area contributed by atoms with Gasteiger partial charge in [-0.3, -0.25) is 0 Å². The van der Waals surface area contributed by atoms with Crippen LogP contribution in [0.3, 0.4) is 0 Å². The van der Waals surface area contributed by atoms with Gasteiger partial charge in [-0.25, -0.2) is 9.59 Å². The molecule has 0 aromatic heterocycles. The van der Waals surface area contributed by atoms with E-state index in [1.165, 1.54) is 0 Å². The predicted octanol–water partition coefficient (Wildman–Crippen LogP) is 0.512. The van der Waals surface area contributed by atoms with Crippen molar-refractivity contribution in [1.82, 2.24) is 5.32 Å². The van der Waals surface area contributed by atoms with Gasteiger partial charge in [-0.2, -0.15) is 8.42 Å². The van der Waals surface area contributed by atoms with Crippen LogP contribution in [0.1, 0.15) is 40.0 Å². The lowest BCUT2D eigenvalue weighted by Crippen LogP contribution is -2.34. The number of carbonyl (C=O) groups excluding carboxylic acids is 2. The third kappa shape index (κ3) is 12.1. The van der Waals surface area contributed by atoms with Crippen LogP contribution >= 0.6 is 0 Å². The van der Waals surface area contributed by atoms with Gasteiger partial charge in [0.1, 0.15) is 11.6 Å². The van der Waals surface area contributed by atoms with Crippen molar-refractivity contribution in [3.63, 3.8) is 0 Å². The summed E-state index contributed by atoms with van der Waals surface area (Å²) >= 11 is 0. The first-order chi connectivity index (χ1) is 9.41. The molecule has 0 radical (unpaired) electrons. The Hall–Kier alpha value is -1.35. The smallest absolute Gasteiger partial charge is 0.407 e. The van der Waals surface area contributed by atoms with Crippen molar-refractivity contribution in [1.29, 1.82) is 0 Å². The van der Waals surface area contributed by atoms with Gasteiger partial charge in [0.05, 0.1) is 6.26 Å². The molecule has 9 heteroatoms. The molecular formula is C12H24N2O6S. The fraction of sp³-hybridized carbons (Fsp3) is 0.833. The summed E-state index contributed by atoms with van der Waals surface area (Å²) in [6, 6.07) is -0.999. The summed E-state index contributed by atoms with van der Waals surface area (Å²) in [4.78, 5) is 22.6. The molecule has 124 valence electrons. The van der Waals surface area contributed by atoms with E-state index >= 15 is 0 Å². The molecule has 3 N–H and O–H groups in total. The minimum atomic E-state index is -3.84. The number of alkyl carbamates (subject to hydrolysis) is 1. The summed E-state index contributed by atoms with van der Waals surface area (Å²) in [6.45, 7) is 5.67. The van der Waals surface area contributed by atoms with Crippen LogP contribution in [0.2, 0.25) is 0 Å². The molecule has 0 aliphatic heterocycles. The molecule has 0 aliphatic carbocycles. The van der Waals surface area contributed by atoms with Crippen molar-refractivity contribution in [2.24, 2.45) is 5.73 Å². The monoisotopic (exact) mass is 324 g/mol. The van der Waals surface area contributed by atoms with E-state index in [0.717, 1.165) is 6.26 Å². The summed E-state index contributed by atoms with van der Waals surface area (Å²) in [5.41, 5.74) is 4.94. The third-order valence-corrected chi connectivity index (χ3v) is 2.61. The van der Waals surface area contributed by atoms with Crippen molar-refractivity contribution in [2.75, 3.05) is 12.8 Å². The largest absolute Gasteiger partial charge is 0.444 e. The van der Waals surface area contributed by atoms with Crippen LogP contribution in [0.5, 0.6) is 0 Å². The van der Waals surface area contributed by atoms with Gasteiger partial charge in [-0.1, -0.05) is 0 Å². The van der Waals surface area contributed by atoms with E-state index in [-0.39, 0.29) is 6.42 Å². The second-order valence-corrected chi connectivity index (χ2v) is 7.21. The Morgan fingerprint density at radius 3 is 2.29 bits per heavy atom. The second-order valence-electron chi connectivity index (χ2n) is 5.64. The van der Waals surface area contributed by atoms with Gasteiger partial charge in [-0.05, 0) is 40.0 Å². The van der Waals surface area contributed by atoms with Crippen LogP contribution in [0, 0.1) is 0 Å². The maximum absolute atomic E-state index is 11.3. The highest BCUT2D eigenvalue weighted by atomic mass is 32.2. The van der Waals surface area contributed by atoms with Gasteiger partial charge >= 0.3 is 22.2 Å². The Labute approximate surface area is 125 Å². The summed E-state index contributed by atoms with van der Waals surface area (Å²) in [7, 11) is -3.84. The lowest BCUT2D eigenvalue weighted by atomic mass is 10.1. The van der Waals surface area contributed by atoms with Crippen molar-refractivity contribution in [3.05, 3.63) is 0 Å². The average molecular weight is 324 g/mol. The molecular weight excluding hydrogens is 300 g/mol. The number of carbonyl (C=O) groups is 2. The number of unbranched alkanes of at least 4 members (excludes halogenated alkanes) is 1. The lowest BCUT2D eigenvalue weighted by Gasteiger charge is -2.19. The first-order valence-corrected chi connectivity index (χ1v) is 8.38. The van der Waals surface area contributed by atoms with Crippen LogP contribution in [-0.2, 0) is 23.8 Å². The van der Waals surface area contributed by atoms with Gasteiger partial charge < -0.3 is 20.0 Å². The van der Waals surface area contributed by atoms with Crippen LogP contribution in [0.25, 0.3) is 0 Å². The van der Waals surface area contributed by atoms with Gasteiger partial charge in [0.2, 0.25) is 0 Å². The molecule has 1 unspecified atom stereocenters. The molecule has 0 bridgehead atoms. The molecule has 0 rings (SSSR count). The standard InChI is InChI=1S/C12H24N2O6S/c1-12(2,3)19-11(16)14-8-6-5-7-9(13)10(15)20-21(4,17)18/h9H,5-8,13H2,1-4H3,(H,14,16). The molecule has 0 aromatic rings. The van der Waals surface area contributed by atoms with Crippen molar-refractivity contribution >= 4 is 22.2 Å². The Bertz CT molecular complexity index is 455. The molecule has 0 saturated heterocycles. The van der Waals surface area contributed by atoms with Gasteiger partial charge in [0, 0.05) is 6.54 Å². The molecule has 1 amide bonds. The first-order valence-electron chi connectivity index (χ1n) is 6.56. The molecule has 0 aromatic carbocycles. The summed E-state index contributed by atoms with van der Waals surface area (Å²) in [5.74, 6) is -0.974. The average Bonchev–Trinajstić information content (AvgIpc) is 2.23. The van der Waals surface area contributed by atoms with Crippen LogP contribution in [0.15, 0.2) is 0 Å². The number of hydrogen-bond acceptors (Lipinski definition) is 7. The van der Waals surface area contributed by atoms with Crippen molar-refractivity contribution < 1.29 is 26.9 Å². The molecule has 0 saturated carbocycles. The van der Waals surface area contributed by atoms with E-state index in [2.05, 4.69) is 9.50 Å². The molecule has 21 heavy (non-hydrogen) atoms. The molecule has 0 aliphatic rings. The second kappa shape index (κ2) is 8.18. The Kier molecular flexibility index (Phi) is 7.65. The Morgan fingerprint density at radius 1 is 1.24 bits per heavy atom. The zero-order valence-electron chi connectivity index (χ0n) is 12.8. The fourth-order valence-corrected chi connectivity index (χ4v) is 1.74. The van der Waals surface area contributed by atoms with Gasteiger partial charge in [-0.15, -0.1) is 0 Å². The number of nitrogens with one attached hydrogen (secondary N) is 1. The normalized spacial score (nSPS) is 13.4. The van der Waals surface area contributed by atoms with E-state index in [1.807, 2.05) is 0 Å². The molecule has 0 heterocycles. The molecule has 0 fully saturated rings. The van der Waals surface area contributed by atoms with Gasteiger partial charge in [0.25, 0.3) is 0 Å². The van der Waals surface area contributed by atoms with E-state index < -0.39 is 33.8 Å². The van der Waals surface area contributed by atoms with Crippen LogP contribution < -0.4 is 11.1 Å². The third-order valence-electron chi connectivity index (χ3n) is 2.15. The minimum absolute atomic E-state index is 0.268. The molecule has 0 spiro atoms. The number of amides is 1. The van der Waals surface area contributed by atoms with Crippen molar-refractivity contribution in [3.8, 4) is 0 Å². The number of hydrogen-bond donors (Lipinski definition) is 2. The predicted molar refractivity (Wildman–Crippen MR) is 77.0 cm³/mol. The maximum Gasteiger partial charge on any atom is 0.407 e. The highest BCUT2D eigenvalue weighted by molar-refractivity contribution is 7.86.